The molecule has 2 unspecified atom stereocenters. The maximum atomic E-state index is 9.34. The van der Waals surface area contributed by atoms with Crippen molar-refractivity contribution in [2.75, 3.05) is 26.4 Å². The van der Waals surface area contributed by atoms with Crippen LogP contribution in [0.15, 0.2) is 0 Å². The van der Waals surface area contributed by atoms with Gasteiger partial charge in [-0.05, 0) is 44.9 Å². The molecule has 2 atom stereocenters. The second kappa shape index (κ2) is 10.3. The highest BCUT2D eigenvalue weighted by atomic mass is 16.5. The van der Waals surface area contributed by atoms with Crippen LogP contribution in [0, 0.1) is 34.5 Å². The molecule has 0 saturated carbocycles. The molecule has 0 spiro atoms. The molecule has 2 N–H and O–H groups in total. The number of rotatable bonds is 10. The summed E-state index contributed by atoms with van der Waals surface area (Å²) in [5.41, 5.74) is -0.366. The summed E-state index contributed by atoms with van der Waals surface area (Å²) in [5.74, 6) is 7.98. The van der Waals surface area contributed by atoms with E-state index in [1.54, 1.807) is 0 Å². The van der Waals surface area contributed by atoms with Crippen LogP contribution >= 0.6 is 0 Å². The molecule has 22 heavy (non-hydrogen) atoms. The van der Waals surface area contributed by atoms with Crippen LogP contribution in [0.5, 0.6) is 0 Å². The molecule has 0 aliphatic carbocycles. The van der Waals surface area contributed by atoms with Crippen molar-refractivity contribution in [3.63, 3.8) is 0 Å². The van der Waals surface area contributed by atoms with E-state index >= 15 is 0 Å². The average molecular weight is 312 g/mol. The van der Waals surface area contributed by atoms with Crippen molar-refractivity contribution in [1.29, 1.82) is 0 Å². The van der Waals surface area contributed by atoms with E-state index in [-0.39, 0.29) is 24.0 Å². The van der Waals surface area contributed by atoms with Crippen molar-refractivity contribution >= 4 is 0 Å². The van der Waals surface area contributed by atoms with E-state index in [0.29, 0.717) is 31.5 Å². The first-order chi connectivity index (χ1) is 10.2. The standard InChI is InChI=1S/C19H36O3/c1-16(2)13-18(5,9-10-20)7-8-19(6,14-17(3)4)15-22-12-11-21/h16-17,20-21H,9-15H2,1-6H3. The number of ether oxygens (including phenoxy) is 1. The summed E-state index contributed by atoms with van der Waals surface area (Å²) in [5, 5.41) is 18.2. The van der Waals surface area contributed by atoms with Gasteiger partial charge in [0, 0.05) is 12.0 Å². The van der Waals surface area contributed by atoms with Crippen molar-refractivity contribution in [1.82, 2.24) is 0 Å². The highest BCUT2D eigenvalue weighted by Crippen LogP contribution is 2.31. The minimum absolute atomic E-state index is 0.0424. The van der Waals surface area contributed by atoms with Crippen LogP contribution in [0.1, 0.15) is 60.8 Å². The maximum absolute atomic E-state index is 9.34. The molecule has 0 aromatic carbocycles. The van der Waals surface area contributed by atoms with Crippen LogP contribution in [0.4, 0.5) is 0 Å². The second-order valence-electron chi connectivity index (χ2n) is 7.82. The Balaban J connectivity index is 5.15. The SMILES string of the molecule is CC(C)CC(C)(C#CC(C)(COCCO)CC(C)C)CCO. The number of hydrogen-bond donors (Lipinski definition) is 2. The quantitative estimate of drug-likeness (QED) is 0.479. The van der Waals surface area contributed by atoms with E-state index in [0.717, 1.165) is 12.8 Å². The fourth-order valence-electron chi connectivity index (χ4n) is 3.07. The molecule has 0 rings (SSSR count). The molecule has 0 heterocycles. The summed E-state index contributed by atoms with van der Waals surface area (Å²) in [6.45, 7) is 14.1. The molecule has 0 amide bonds. The Morgan fingerprint density at radius 1 is 0.864 bits per heavy atom. The van der Waals surface area contributed by atoms with E-state index in [4.69, 9.17) is 9.84 Å². The Morgan fingerprint density at radius 2 is 1.36 bits per heavy atom. The van der Waals surface area contributed by atoms with E-state index in [2.05, 4.69) is 53.4 Å². The summed E-state index contributed by atoms with van der Waals surface area (Å²) in [4.78, 5) is 0. The smallest absolute Gasteiger partial charge is 0.0698 e. The molecule has 130 valence electrons. The third-order valence-corrected chi connectivity index (χ3v) is 3.70. The summed E-state index contributed by atoms with van der Waals surface area (Å²) in [7, 11) is 0. The van der Waals surface area contributed by atoms with Crippen LogP contribution in [-0.4, -0.2) is 36.6 Å². The predicted octanol–water partition coefficient (Wildman–Crippen LogP) is 3.49. The third kappa shape index (κ3) is 9.46. The zero-order chi connectivity index (χ0) is 17.2. The normalized spacial score (nSPS) is 17.0. The van der Waals surface area contributed by atoms with Gasteiger partial charge < -0.3 is 14.9 Å². The van der Waals surface area contributed by atoms with Crippen LogP contribution in [-0.2, 0) is 4.74 Å². The fourth-order valence-corrected chi connectivity index (χ4v) is 3.07. The number of aliphatic hydroxyl groups excluding tert-OH is 2. The molecule has 0 fully saturated rings. The Morgan fingerprint density at radius 3 is 1.82 bits per heavy atom. The molecular weight excluding hydrogens is 276 g/mol. The Hall–Kier alpha value is -0.560. The fraction of sp³-hybridized carbons (Fsp3) is 0.895. The highest BCUT2D eigenvalue weighted by Gasteiger charge is 2.27. The van der Waals surface area contributed by atoms with Crippen molar-refractivity contribution in [2.45, 2.75) is 60.8 Å². The highest BCUT2D eigenvalue weighted by molar-refractivity contribution is 5.17. The van der Waals surface area contributed by atoms with Gasteiger partial charge in [0.15, 0.2) is 0 Å². The monoisotopic (exact) mass is 312 g/mol. The second-order valence-corrected chi connectivity index (χ2v) is 7.82. The Labute approximate surface area is 137 Å². The van der Waals surface area contributed by atoms with Gasteiger partial charge in [-0.1, -0.05) is 39.5 Å². The molecule has 0 aliphatic rings. The van der Waals surface area contributed by atoms with Crippen molar-refractivity contribution in [3.8, 4) is 11.8 Å². The first-order valence-corrected chi connectivity index (χ1v) is 8.50. The lowest BCUT2D eigenvalue weighted by Crippen LogP contribution is -2.26. The van der Waals surface area contributed by atoms with Gasteiger partial charge in [0.1, 0.15) is 0 Å². The van der Waals surface area contributed by atoms with Crippen LogP contribution in [0.25, 0.3) is 0 Å². The van der Waals surface area contributed by atoms with Crippen molar-refractivity contribution in [2.24, 2.45) is 22.7 Å². The third-order valence-electron chi connectivity index (χ3n) is 3.70. The topological polar surface area (TPSA) is 49.7 Å². The average Bonchev–Trinajstić information content (AvgIpc) is 2.35. The minimum atomic E-state index is -0.211. The molecule has 0 aromatic heterocycles. The van der Waals surface area contributed by atoms with Crippen molar-refractivity contribution < 1.29 is 14.9 Å². The van der Waals surface area contributed by atoms with Gasteiger partial charge in [-0.2, -0.15) is 0 Å². The van der Waals surface area contributed by atoms with Gasteiger partial charge in [-0.3, -0.25) is 0 Å². The van der Waals surface area contributed by atoms with E-state index in [9.17, 15) is 5.11 Å². The molecule has 0 aliphatic heterocycles. The van der Waals surface area contributed by atoms with Crippen molar-refractivity contribution in [3.05, 3.63) is 0 Å². The molecule has 0 radical (unpaired) electrons. The lowest BCUT2D eigenvalue weighted by molar-refractivity contribution is 0.0460. The summed E-state index contributed by atoms with van der Waals surface area (Å²) in [6, 6.07) is 0. The molecule has 0 aromatic rings. The van der Waals surface area contributed by atoms with Gasteiger partial charge in [-0.15, -0.1) is 0 Å². The van der Waals surface area contributed by atoms with Crippen LogP contribution < -0.4 is 0 Å². The van der Waals surface area contributed by atoms with Gasteiger partial charge in [-0.25, -0.2) is 0 Å². The summed E-state index contributed by atoms with van der Waals surface area (Å²) < 4.78 is 5.55. The molecule has 3 heteroatoms. The number of hydrogen-bond acceptors (Lipinski definition) is 3. The lowest BCUT2D eigenvalue weighted by atomic mass is 9.77. The van der Waals surface area contributed by atoms with Gasteiger partial charge in [0.2, 0.25) is 0 Å². The zero-order valence-corrected chi connectivity index (χ0v) is 15.4. The van der Waals surface area contributed by atoms with Crippen LogP contribution in [0.3, 0.4) is 0 Å². The lowest BCUT2D eigenvalue weighted by Gasteiger charge is -2.29. The summed E-state index contributed by atoms with van der Waals surface area (Å²) >= 11 is 0. The molecule has 0 saturated heterocycles. The van der Waals surface area contributed by atoms with Gasteiger partial charge in [0.05, 0.1) is 25.2 Å². The Bertz CT molecular complexity index is 353. The predicted molar refractivity (Wildman–Crippen MR) is 92.5 cm³/mol. The van der Waals surface area contributed by atoms with Gasteiger partial charge in [0.25, 0.3) is 0 Å². The van der Waals surface area contributed by atoms with E-state index in [1.165, 1.54) is 0 Å². The Kier molecular flexibility index (Phi) is 10.00. The van der Waals surface area contributed by atoms with E-state index in [1.807, 2.05) is 0 Å². The molecule has 0 bridgehead atoms. The maximum Gasteiger partial charge on any atom is 0.0698 e. The number of aliphatic hydroxyl groups is 2. The summed E-state index contributed by atoms with van der Waals surface area (Å²) in [6.07, 6.45) is 2.64. The van der Waals surface area contributed by atoms with Crippen LogP contribution in [0.2, 0.25) is 0 Å². The van der Waals surface area contributed by atoms with E-state index < -0.39 is 0 Å². The van der Waals surface area contributed by atoms with Gasteiger partial charge >= 0.3 is 0 Å². The largest absolute Gasteiger partial charge is 0.396 e. The molecule has 3 nitrogen and oxygen atoms in total. The minimum Gasteiger partial charge on any atom is -0.396 e. The molecular formula is C19H36O3. The zero-order valence-electron chi connectivity index (χ0n) is 15.4. The first-order valence-electron chi connectivity index (χ1n) is 8.50. The first kappa shape index (κ1) is 21.4.